The molecule has 4 rings (SSSR count). The Hall–Kier alpha value is -3.39. The monoisotopic (exact) mass is 382 g/mol. The van der Waals surface area contributed by atoms with Crippen molar-refractivity contribution >= 4 is 37.5 Å². The summed E-state index contributed by atoms with van der Waals surface area (Å²) in [6, 6.07) is 12.1. The molecule has 2 aromatic heterocycles. The average molecular weight is 382 g/mol. The first-order valence-corrected chi connectivity index (χ1v) is 9.44. The van der Waals surface area contributed by atoms with Gasteiger partial charge in [-0.15, -0.1) is 0 Å². The Balaban J connectivity index is 1.79. The minimum absolute atomic E-state index is 0.0525. The predicted molar refractivity (Wildman–Crippen MR) is 102 cm³/mol. The summed E-state index contributed by atoms with van der Waals surface area (Å²) >= 11 is 0. The van der Waals surface area contributed by atoms with Crippen molar-refractivity contribution in [3.63, 3.8) is 0 Å². The third-order valence-electron chi connectivity index (χ3n) is 4.14. The van der Waals surface area contributed by atoms with E-state index in [9.17, 15) is 13.2 Å². The van der Waals surface area contributed by atoms with Gasteiger partial charge >= 0.3 is 5.63 Å². The molecule has 0 amide bonds. The lowest BCUT2D eigenvalue weighted by Gasteiger charge is -2.13. The number of methoxy groups -OCH3 is 1. The minimum Gasteiger partial charge on any atom is -0.496 e. The van der Waals surface area contributed by atoms with Gasteiger partial charge in [0.15, 0.2) is 0 Å². The third-order valence-corrected chi connectivity index (χ3v) is 5.51. The lowest BCUT2D eigenvalue weighted by Crippen LogP contribution is -2.13. The van der Waals surface area contributed by atoms with Gasteiger partial charge in [-0.3, -0.25) is 9.71 Å². The molecule has 2 aromatic carbocycles. The van der Waals surface area contributed by atoms with Crippen molar-refractivity contribution in [1.29, 1.82) is 0 Å². The third kappa shape index (κ3) is 3.11. The van der Waals surface area contributed by atoms with Crippen LogP contribution in [-0.4, -0.2) is 20.5 Å². The number of pyridine rings is 1. The summed E-state index contributed by atoms with van der Waals surface area (Å²) in [6.45, 7) is 0. The Morgan fingerprint density at radius 2 is 1.89 bits per heavy atom. The zero-order chi connectivity index (χ0) is 19.0. The summed E-state index contributed by atoms with van der Waals surface area (Å²) in [6.07, 6.45) is 3.19. The molecule has 0 saturated carbocycles. The van der Waals surface area contributed by atoms with Crippen LogP contribution < -0.4 is 15.1 Å². The first-order valence-electron chi connectivity index (χ1n) is 7.95. The zero-order valence-electron chi connectivity index (χ0n) is 14.2. The fraction of sp³-hybridized carbons (Fsp3) is 0.0526. The second-order valence-electron chi connectivity index (χ2n) is 5.80. The van der Waals surface area contributed by atoms with Crippen molar-refractivity contribution in [1.82, 2.24) is 4.98 Å². The highest BCUT2D eigenvalue weighted by molar-refractivity contribution is 7.92. The van der Waals surface area contributed by atoms with E-state index in [4.69, 9.17) is 9.15 Å². The summed E-state index contributed by atoms with van der Waals surface area (Å²) < 4.78 is 38.7. The van der Waals surface area contributed by atoms with Crippen LogP contribution in [0.5, 0.6) is 5.75 Å². The van der Waals surface area contributed by atoms with Crippen LogP contribution in [0.2, 0.25) is 0 Å². The number of fused-ring (bicyclic) bond motifs is 2. The molecule has 0 saturated heterocycles. The van der Waals surface area contributed by atoms with Crippen LogP contribution in [0.3, 0.4) is 0 Å². The summed E-state index contributed by atoms with van der Waals surface area (Å²) in [7, 11) is -2.32. The van der Waals surface area contributed by atoms with Gasteiger partial charge in [0.05, 0.1) is 17.7 Å². The van der Waals surface area contributed by atoms with Crippen LogP contribution in [0.25, 0.3) is 21.7 Å². The van der Waals surface area contributed by atoms with Crippen molar-refractivity contribution in [2.24, 2.45) is 0 Å². The summed E-state index contributed by atoms with van der Waals surface area (Å²) in [5.74, 6) is 0.621. The summed E-state index contributed by atoms with van der Waals surface area (Å²) in [5, 5.41) is 1.87. The Labute approximate surface area is 154 Å². The van der Waals surface area contributed by atoms with Crippen LogP contribution in [0.15, 0.2) is 75.0 Å². The first-order chi connectivity index (χ1) is 13.0. The zero-order valence-corrected chi connectivity index (χ0v) is 15.0. The molecule has 4 aromatic rings. The van der Waals surface area contributed by atoms with Gasteiger partial charge in [-0.2, -0.15) is 0 Å². The van der Waals surface area contributed by atoms with Crippen LogP contribution in [0, 0.1) is 0 Å². The predicted octanol–water partition coefficient (Wildman–Crippen LogP) is 3.15. The Morgan fingerprint density at radius 3 is 2.70 bits per heavy atom. The van der Waals surface area contributed by atoms with Gasteiger partial charge in [0, 0.05) is 34.6 Å². The summed E-state index contributed by atoms with van der Waals surface area (Å²) in [5.41, 5.74) is 0.215. The van der Waals surface area contributed by atoms with Gasteiger partial charge in [0.2, 0.25) is 0 Å². The van der Waals surface area contributed by atoms with E-state index in [-0.39, 0.29) is 4.90 Å². The smallest absolute Gasteiger partial charge is 0.336 e. The van der Waals surface area contributed by atoms with Crippen molar-refractivity contribution in [3.8, 4) is 5.75 Å². The molecule has 2 heterocycles. The van der Waals surface area contributed by atoms with E-state index in [0.717, 1.165) is 5.39 Å². The van der Waals surface area contributed by atoms with E-state index >= 15 is 0 Å². The number of benzene rings is 2. The van der Waals surface area contributed by atoms with Gasteiger partial charge in [-0.1, -0.05) is 0 Å². The van der Waals surface area contributed by atoms with Crippen molar-refractivity contribution in [3.05, 3.63) is 71.3 Å². The molecule has 0 fully saturated rings. The maximum absolute atomic E-state index is 12.9. The number of sulfonamides is 1. The second kappa shape index (κ2) is 6.40. The molecule has 0 spiro atoms. The molecular weight excluding hydrogens is 368 g/mol. The van der Waals surface area contributed by atoms with Crippen LogP contribution in [-0.2, 0) is 10.0 Å². The molecule has 0 unspecified atom stereocenters. The van der Waals surface area contributed by atoms with Gasteiger partial charge in [-0.25, -0.2) is 13.2 Å². The molecule has 0 aliphatic carbocycles. The Kier molecular flexibility index (Phi) is 4.04. The van der Waals surface area contributed by atoms with Crippen LogP contribution >= 0.6 is 0 Å². The molecule has 7 nitrogen and oxygen atoms in total. The maximum atomic E-state index is 12.9. The molecule has 27 heavy (non-hydrogen) atoms. The number of hydrogen-bond donors (Lipinski definition) is 1. The van der Waals surface area contributed by atoms with Gasteiger partial charge in [-0.05, 0) is 42.5 Å². The van der Waals surface area contributed by atoms with E-state index < -0.39 is 15.6 Å². The fourth-order valence-corrected chi connectivity index (χ4v) is 3.96. The minimum atomic E-state index is -3.86. The second-order valence-corrected chi connectivity index (χ2v) is 7.48. The quantitative estimate of drug-likeness (QED) is 0.545. The van der Waals surface area contributed by atoms with Gasteiger partial charge in [0.25, 0.3) is 10.0 Å². The number of rotatable bonds is 4. The number of anilines is 1. The van der Waals surface area contributed by atoms with E-state index in [1.54, 1.807) is 37.7 Å². The average Bonchev–Trinajstić information content (AvgIpc) is 2.67. The standard InChI is InChI=1S/C19H14N2O5S/c1-25-18-6-4-16(15-11-20-9-8-14(15)18)21-27(23,24)13-3-5-17-12(10-13)2-7-19(22)26-17/h2-11,21H,1H3. The number of aromatic nitrogens is 1. The summed E-state index contributed by atoms with van der Waals surface area (Å²) in [4.78, 5) is 15.4. The normalized spacial score (nSPS) is 11.6. The number of ether oxygens (including phenoxy) is 1. The fourth-order valence-electron chi connectivity index (χ4n) is 2.85. The molecule has 1 N–H and O–H groups in total. The molecule has 8 heteroatoms. The van der Waals surface area contributed by atoms with Crippen molar-refractivity contribution in [2.75, 3.05) is 11.8 Å². The van der Waals surface area contributed by atoms with Gasteiger partial charge in [0.1, 0.15) is 11.3 Å². The molecule has 0 radical (unpaired) electrons. The molecule has 0 bridgehead atoms. The van der Waals surface area contributed by atoms with Crippen LogP contribution in [0.4, 0.5) is 5.69 Å². The molecule has 136 valence electrons. The lowest BCUT2D eigenvalue weighted by molar-refractivity contribution is 0.420. The van der Waals surface area contributed by atoms with E-state index in [0.29, 0.717) is 27.8 Å². The SMILES string of the molecule is COc1ccc(NS(=O)(=O)c2ccc3oc(=O)ccc3c2)c2cnccc12. The van der Waals surface area contributed by atoms with Gasteiger partial charge < -0.3 is 9.15 Å². The highest BCUT2D eigenvalue weighted by Gasteiger charge is 2.17. The highest BCUT2D eigenvalue weighted by atomic mass is 32.2. The Morgan fingerprint density at radius 1 is 1.04 bits per heavy atom. The number of nitrogens with one attached hydrogen (secondary N) is 1. The highest BCUT2D eigenvalue weighted by Crippen LogP contribution is 2.32. The molecule has 0 aliphatic heterocycles. The number of nitrogens with zero attached hydrogens (tertiary/aromatic N) is 1. The van der Waals surface area contributed by atoms with E-state index in [1.807, 2.05) is 0 Å². The van der Waals surface area contributed by atoms with Crippen LogP contribution in [0.1, 0.15) is 0 Å². The van der Waals surface area contributed by atoms with E-state index in [2.05, 4.69) is 9.71 Å². The number of hydrogen-bond acceptors (Lipinski definition) is 6. The van der Waals surface area contributed by atoms with E-state index in [1.165, 1.54) is 30.3 Å². The molecular formula is C19H14N2O5S. The largest absolute Gasteiger partial charge is 0.496 e. The van der Waals surface area contributed by atoms with Crippen molar-refractivity contribution in [2.45, 2.75) is 4.90 Å². The lowest BCUT2D eigenvalue weighted by atomic mass is 10.1. The topological polar surface area (TPSA) is 98.5 Å². The Bertz CT molecular complexity index is 1330. The van der Waals surface area contributed by atoms with Crippen molar-refractivity contribution < 1.29 is 17.6 Å². The molecule has 0 atom stereocenters. The first kappa shape index (κ1) is 17.0. The maximum Gasteiger partial charge on any atom is 0.336 e. The molecule has 0 aliphatic rings.